The number of aromatic nitrogens is 3. The predicted octanol–water partition coefficient (Wildman–Crippen LogP) is 13.7. The highest BCUT2D eigenvalue weighted by atomic mass is 15.2. The lowest BCUT2D eigenvalue weighted by atomic mass is 9.68. The Morgan fingerprint density at radius 3 is 1.76 bits per heavy atom. The van der Waals surface area contributed by atoms with E-state index in [0.29, 0.717) is 0 Å². The van der Waals surface area contributed by atoms with Crippen LogP contribution in [0.25, 0.3) is 27.6 Å². The topological polar surface area (TPSA) is 37.2 Å². The van der Waals surface area contributed by atoms with E-state index in [1.165, 1.54) is 72.3 Å². The van der Waals surface area contributed by atoms with Crippen LogP contribution in [-0.4, -0.2) is 14.5 Å². The minimum absolute atomic E-state index is 0.00193. The Hall–Kier alpha value is -6.20. The Labute approximate surface area is 341 Å². The molecule has 5 aromatic carbocycles. The third-order valence-corrected chi connectivity index (χ3v) is 13.8. The molecule has 6 heterocycles. The van der Waals surface area contributed by atoms with Crippen LogP contribution in [0, 0.1) is 0 Å². The number of fused-ring (bicyclic) bond motifs is 9. The van der Waals surface area contributed by atoms with Gasteiger partial charge in [-0.2, -0.15) is 0 Å². The Morgan fingerprint density at radius 1 is 0.448 bits per heavy atom. The summed E-state index contributed by atoms with van der Waals surface area (Å²) in [6, 6.07) is 45.3. The molecule has 3 aliphatic heterocycles. The molecular formula is C53H49N5. The van der Waals surface area contributed by atoms with Gasteiger partial charge in [-0.3, -0.25) is 9.47 Å². The molecule has 0 atom stereocenters. The van der Waals surface area contributed by atoms with Gasteiger partial charge in [0, 0.05) is 45.1 Å². The average molecular weight is 756 g/mol. The van der Waals surface area contributed by atoms with Crippen LogP contribution in [0.5, 0.6) is 0 Å². The monoisotopic (exact) mass is 755 g/mol. The summed E-state index contributed by atoms with van der Waals surface area (Å²) in [5, 5.41) is 2.47. The molecule has 0 spiro atoms. The van der Waals surface area contributed by atoms with Gasteiger partial charge in [0.25, 0.3) is 0 Å². The lowest BCUT2D eigenvalue weighted by Crippen LogP contribution is -2.34. The summed E-state index contributed by atoms with van der Waals surface area (Å²) in [6.07, 6.45) is 3.84. The molecule has 0 radical (unpaired) electrons. The van der Waals surface area contributed by atoms with E-state index < -0.39 is 0 Å². The van der Waals surface area contributed by atoms with Crippen LogP contribution in [0.15, 0.2) is 134 Å². The predicted molar refractivity (Wildman–Crippen MR) is 241 cm³/mol. The van der Waals surface area contributed by atoms with Crippen molar-refractivity contribution in [3.63, 3.8) is 0 Å². The number of hydrogen-bond acceptors (Lipinski definition) is 4. The van der Waals surface area contributed by atoms with Crippen LogP contribution in [0.3, 0.4) is 0 Å². The van der Waals surface area contributed by atoms with E-state index in [4.69, 9.17) is 9.97 Å². The summed E-state index contributed by atoms with van der Waals surface area (Å²) in [5.74, 6) is 0.907. The third-order valence-electron chi connectivity index (χ3n) is 13.8. The minimum Gasteiger partial charge on any atom is -0.310 e. The van der Waals surface area contributed by atoms with Gasteiger partial charge in [-0.05, 0) is 111 Å². The van der Waals surface area contributed by atoms with Crippen LogP contribution >= 0.6 is 0 Å². The Bertz CT molecular complexity index is 3030. The highest BCUT2D eigenvalue weighted by Crippen LogP contribution is 2.58. The Balaban J connectivity index is 1.21. The van der Waals surface area contributed by atoms with Gasteiger partial charge in [0.2, 0.25) is 0 Å². The number of rotatable bonds is 2. The zero-order valence-corrected chi connectivity index (χ0v) is 34.9. The van der Waals surface area contributed by atoms with Crippen LogP contribution in [0.2, 0.25) is 0 Å². The minimum atomic E-state index is -0.264. The van der Waals surface area contributed by atoms with Crippen LogP contribution in [-0.2, 0) is 21.7 Å². The Morgan fingerprint density at radius 2 is 1.05 bits per heavy atom. The van der Waals surface area contributed by atoms with Crippen molar-refractivity contribution in [3.8, 4) is 5.69 Å². The average Bonchev–Trinajstić information content (AvgIpc) is 3.54. The molecule has 5 nitrogen and oxygen atoms in total. The highest BCUT2D eigenvalue weighted by Gasteiger charge is 2.44. The molecule has 0 bridgehead atoms. The van der Waals surface area contributed by atoms with Crippen LogP contribution < -0.4 is 9.80 Å². The molecule has 0 fully saturated rings. The third kappa shape index (κ3) is 4.53. The number of nitrogens with zero attached hydrogens (tertiary/aromatic N) is 5. The molecule has 0 saturated heterocycles. The summed E-state index contributed by atoms with van der Waals surface area (Å²) >= 11 is 0. The van der Waals surface area contributed by atoms with Crippen LogP contribution in [0.1, 0.15) is 101 Å². The quantitative estimate of drug-likeness (QED) is 0.176. The highest BCUT2D eigenvalue weighted by molar-refractivity contribution is 6.11. The van der Waals surface area contributed by atoms with Crippen molar-refractivity contribution in [3.05, 3.63) is 173 Å². The zero-order valence-electron chi connectivity index (χ0n) is 34.9. The number of pyridine rings is 2. The fraction of sp³-hybridized carbons (Fsp3) is 0.245. The molecule has 0 aliphatic carbocycles. The maximum Gasteiger partial charge on any atom is 0.145 e. The largest absolute Gasteiger partial charge is 0.310 e. The molecule has 0 saturated carbocycles. The smallest absolute Gasteiger partial charge is 0.145 e. The first-order valence-electron chi connectivity index (χ1n) is 20.7. The second-order valence-corrected chi connectivity index (χ2v) is 19.2. The fourth-order valence-electron chi connectivity index (χ4n) is 10.5. The normalized spacial score (nSPS) is 16.7. The standard InChI is InChI=1S/C53H49N5/c1-50(2,3)32-27-35-34-17-16-26-55-49(34)58-46-31-45-39(30-40(46)53(8,9)41(28-32)48(35)58)52(6,7)36-18-10-12-20-42(36)56(45)33-23-24-38-44(29-33)57(47-22-14-15-25-54-47)43-21-13-11-19-37(43)51(38,4)5/h10-31H,1-9H3. The van der Waals surface area contributed by atoms with E-state index >= 15 is 0 Å². The van der Waals surface area contributed by atoms with Crippen molar-refractivity contribution in [2.45, 2.75) is 84.0 Å². The molecule has 0 unspecified atom stereocenters. The van der Waals surface area contributed by atoms with Gasteiger partial charge in [-0.15, -0.1) is 0 Å². The van der Waals surface area contributed by atoms with E-state index in [1.54, 1.807) is 0 Å². The van der Waals surface area contributed by atoms with E-state index in [-0.39, 0.29) is 21.7 Å². The first kappa shape index (κ1) is 35.0. The first-order valence-corrected chi connectivity index (χ1v) is 20.7. The number of benzene rings is 5. The van der Waals surface area contributed by atoms with E-state index in [1.807, 2.05) is 18.5 Å². The molecule has 0 N–H and O–H groups in total. The van der Waals surface area contributed by atoms with E-state index in [2.05, 4.69) is 192 Å². The van der Waals surface area contributed by atoms with Crippen molar-refractivity contribution in [1.29, 1.82) is 0 Å². The zero-order chi connectivity index (χ0) is 40.1. The molecule has 286 valence electrons. The molecule has 8 aromatic rings. The van der Waals surface area contributed by atoms with Crippen molar-refractivity contribution >= 4 is 56.2 Å². The molecular weight excluding hydrogens is 707 g/mol. The van der Waals surface area contributed by atoms with Gasteiger partial charge in [0.15, 0.2) is 0 Å². The molecule has 5 heteroatoms. The van der Waals surface area contributed by atoms with E-state index in [0.717, 1.165) is 28.5 Å². The van der Waals surface area contributed by atoms with Crippen molar-refractivity contribution < 1.29 is 0 Å². The van der Waals surface area contributed by atoms with Crippen LogP contribution in [0.4, 0.5) is 34.3 Å². The van der Waals surface area contributed by atoms with Gasteiger partial charge >= 0.3 is 0 Å². The van der Waals surface area contributed by atoms with Crippen molar-refractivity contribution in [1.82, 2.24) is 14.5 Å². The number of anilines is 6. The lowest BCUT2D eigenvalue weighted by Gasteiger charge is -2.45. The lowest BCUT2D eigenvalue weighted by molar-refractivity contribution is 0.580. The summed E-state index contributed by atoms with van der Waals surface area (Å²) in [4.78, 5) is 14.9. The molecule has 3 aliphatic rings. The second kappa shape index (κ2) is 11.5. The maximum atomic E-state index is 5.11. The first-order chi connectivity index (χ1) is 27.7. The number of para-hydroxylation sites is 2. The maximum absolute atomic E-state index is 5.11. The molecule has 0 amide bonds. The second-order valence-electron chi connectivity index (χ2n) is 19.2. The van der Waals surface area contributed by atoms with Gasteiger partial charge in [0.05, 0.1) is 34.0 Å². The SMILES string of the molecule is CC(C)(C)c1cc2c3c(c1)c1cccnc1n3-c1cc3c(cc1C2(C)C)C(C)(C)c1ccccc1N3c1ccc2c(c1)N(c1ccccn1)c1ccccc1C2(C)C. The summed E-state index contributed by atoms with van der Waals surface area (Å²) in [7, 11) is 0. The summed E-state index contributed by atoms with van der Waals surface area (Å²) < 4.78 is 2.47. The number of hydrogen-bond donors (Lipinski definition) is 0. The fourth-order valence-corrected chi connectivity index (χ4v) is 10.5. The van der Waals surface area contributed by atoms with E-state index in [9.17, 15) is 0 Å². The Kier molecular flexibility index (Phi) is 6.92. The van der Waals surface area contributed by atoms with Gasteiger partial charge in [0.1, 0.15) is 11.5 Å². The van der Waals surface area contributed by atoms with Crippen molar-refractivity contribution in [2.75, 3.05) is 9.80 Å². The molecule has 58 heavy (non-hydrogen) atoms. The van der Waals surface area contributed by atoms with Crippen molar-refractivity contribution in [2.24, 2.45) is 0 Å². The molecule has 11 rings (SSSR count). The summed E-state index contributed by atoms with van der Waals surface area (Å²) in [5.41, 5.74) is 17.8. The molecule has 3 aromatic heterocycles. The van der Waals surface area contributed by atoms with Gasteiger partial charge in [-0.25, -0.2) is 9.97 Å². The summed E-state index contributed by atoms with van der Waals surface area (Å²) in [6.45, 7) is 21.3. The van der Waals surface area contributed by atoms with Gasteiger partial charge in [-0.1, -0.05) is 117 Å². The van der Waals surface area contributed by atoms with Gasteiger partial charge < -0.3 is 4.90 Å².